The van der Waals surface area contributed by atoms with Crippen LogP contribution >= 0.6 is 46.4 Å². The highest BCUT2D eigenvalue weighted by Crippen LogP contribution is 2.43. The first-order valence-electron chi connectivity index (χ1n) is 7.63. The Balaban J connectivity index is 1.75. The molecular formula is C19H11Cl4N3. The average Bonchev–Trinajstić information content (AvgIpc) is 3.05. The number of halogens is 4. The molecule has 0 saturated heterocycles. The molecule has 0 saturated carbocycles. The maximum absolute atomic E-state index is 6.19. The van der Waals surface area contributed by atoms with Crippen LogP contribution in [0.5, 0.6) is 0 Å². The molecule has 0 unspecified atom stereocenters. The summed E-state index contributed by atoms with van der Waals surface area (Å²) in [5.41, 5.74) is 9.36. The molecule has 3 aromatic rings. The van der Waals surface area contributed by atoms with Crippen LogP contribution in [-0.4, -0.2) is 5.96 Å². The smallest absolute Gasteiger partial charge is 0.198 e. The second kappa shape index (κ2) is 6.67. The Morgan fingerprint density at radius 1 is 0.923 bits per heavy atom. The largest absolute Gasteiger partial charge is 0.369 e. The first kappa shape index (κ1) is 17.5. The molecule has 130 valence electrons. The van der Waals surface area contributed by atoms with E-state index in [-0.39, 0.29) is 31.7 Å². The van der Waals surface area contributed by atoms with Crippen molar-refractivity contribution in [1.29, 1.82) is 0 Å². The van der Waals surface area contributed by atoms with E-state index >= 15 is 0 Å². The van der Waals surface area contributed by atoms with Crippen LogP contribution in [0.15, 0.2) is 41.4 Å². The van der Waals surface area contributed by atoms with Gasteiger partial charge in [-0.05, 0) is 28.5 Å². The van der Waals surface area contributed by atoms with Crippen LogP contribution in [0.3, 0.4) is 0 Å². The number of nitrogens with two attached hydrogens (primary N) is 1. The summed E-state index contributed by atoms with van der Waals surface area (Å²) in [5.74, 6) is 0.125. The molecule has 0 atom stereocenters. The molecule has 26 heavy (non-hydrogen) atoms. The van der Waals surface area contributed by atoms with E-state index in [2.05, 4.69) is 28.5 Å². The minimum absolute atomic E-state index is 0.125. The Bertz CT molecular complexity index is 1090. The van der Waals surface area contributed by atoms with Crippen LogP contribution in [-0.2, 0) is 0 Å². The first-order valence-corrected chi connectivity index (χ1v) is 9.15. The molecular weight excluding hydrogens is 412 g/mol. The molecule has 4 rings (SSSR count). The van der Waals surface area contributed by atoms with Crippen LogP contribution in [0.2, 0.25) is 20.1 Å². The molecule has 7 heteroatoms. The fourth-order valence-corrected chi connectivity index (χ4v) is 3.86. The summed E-state index contributed by atoms with van der Waals surface area (Å²) in [5, 5.41) is 6.33. The molecule has 3 nitrogen and oxygen atoms in total. The molecule has 0 amide bonds. The number of rotatable bonds is 2. The number of benzene rings is 3. The van der Waals surface area contributed by atoms with E-state index in [1.807, 2.05) is 24.3 Å². The third-order valence-electron chi connectivity index (χ3n) is 4.13. The van der Waals surface area contributed by atoms with E-state index in [0.29, 0.717) is 0 Å². The van der Waals surface area contributed by atoms with Gasteiger partial charge in [0, 0.05) is 11.3 Å². The SMILES string of the molecule is NC(=Nc1c(Cl)c(Cl)cc(Cl)c1Cl)Nc1ccc2cccc3c2c1C=C3. The summed E-state index contributed by atoms with van der Waals surface area (Å²) in [6.45, 7) is 0. The predicted octanol–water partition coefficient (Wildman–Crippen LogP) is 7.00. The number of hydrogen-bond acceptors (Lipinski definition) is 1. The summed E-state index contributed by atoms with van der Waals surface area (Å²) in [4.78, 5) is 4.27. The van der Waals surface area contributed by atoms with Crippen molar-refractivity contribution in [1.82, 2.24) is 0 Å². The Hall–Kier alpha value is -1.91. The first-order chi connectivity index (χ1) is 12.5. The van der Waals surface area contributed by atoms with Gasteiger partial charge in [-0.15, -0.1) is 0 Å². The van der Waals surface area contributed by atoms with E-state index in [0.717, 1.165) is 16.6 Å². The number of hydrogen-bond donors (Lipinski definition) is 2. The number of anilines is 1. The van der Waals surface area contributed by atoms with Gasteiger partial charge in [0.15, 0.2) is 5.96 Å². The van der Waals surface area contributed by atoms with E-state index in [9.17, 15) is 0 Å². The van der Waals surface area contributed by atoms with Crippen molar-refractivity contribution < 1.29 is 0 Å². The predicted molar refractivity (Wildman–Crippen MR) is 114 cm³/mol. The number of nitrogens with one attached hydrogen (secondary N) is 1. The maximum Gasteiger partial charge on any atom is 0.198 e. The number of aliphatic imine (C=N–C) groups is 1. The lowest BCUT2D eigenvalue weighted by molar-refractivity contribution is 1.44. The summed E-state index contributed by atoms with van der Waals surface area (Å²) in [6.07, 6.45) is 4.12. The molecule has 3 aromatic carbocycles. The van der Waals surface area contributed by atoms with Crippen LogP contribution in [0.1, 0.15) is 11.1 Å². The zero-order valence-corrected chi connectivity index (χ0v) is 16.2. The quantitative estimate of drug-likeness (QED) is 0.207. The Morgan fingerprint density at radius 2 is 1.65 bits per heavy atom. The molecule has 0 fully saturated rings. The van der Waals surface area contributed by atoms with E-state index < -0.39 is 0 Å². The van der Waals surface area contributed by atoms with Gasteiger partial charge in [-0.2, -0.15) is 0 Å². The monoisotopic (exact) mass is 421 g/mol. The highest BCUT2D eigenvalue weighted by molar-refractivity contribution is 6.50. The number of nitrogens with zero attached hydrogens (tertiary/aromatic N) is 1. The van der Waals surface area contributed by atoms with E-state index in [1.54, 1.807) is 0 Å². The third-order valence-corrected chi connectivity index (χ3v) is 5.69. The second-order valence-corrected chi connectivity index (χ2v) is 7.31. The van der Waals surface area contributed by atoms with Crippen molar-refractivity contribution in [3.8, 4) is 0 Å². The number of guanidine groups is 1. The fourth-order valence-electron chi connectivity index (χ4n) is 2.98. The van der Waals surface area contributed by atoms with Gasteiger partial charge in [-0.3, -0.25) is 0 Å². The third kappa shape index (κ3) is 2.91. The molecule has 1 aliphatic carbocycles. The molecule has 0 bridgehead atoms. The van der Waals surface area contributed by atoms with Crippen molar-refractivity contribution in [3.63, 3.8) is 0 Å². The van der Waals surface area contributed by atoms with Gasteiger partial charge < -0.3 is 11.1 Å². The molecule has 0 spiro atoms. The topological polar surface area (TPSA) is 50.4 Å². The van der Waals surface area contributed by atoms with Gasteiger partial charge in [0.25, 0.3) is 0 Å². The van der Waals surface area contributed by atoms with Crippen molar-refractivity contribution >= 4 is 86.7 Å². The van der Waals surface area contributed by atoms with Crippen LogP contribution in [0, 0.1) is 0 Å². The normalized spacial score (nSPS) is 12.8. The maximum atomic E-state index is 6.19. The summed E-state index contributed by atoms with van der Waals surface area (Å²) in [7, 11) is 0. The van der Waals surface area contributed by atoms with Crippen LogP contribution < -0.4 is 11.1 Å². The summed E-state index contributed by atoms with van der Waals surface area (Å²) in [6, 6.07) is 11.6. The van der Waals surface area contributed by atoms with E-state index in [4.69, 9.17) is 52.1 Å². The Morgan fingerprint density at radius 3 is 2.38 bits per heavy atom. The van der Waals surface area contributed by atoms with Gasteiger partial charge in [0.2, 0.25) is 0 Å². The van der Waals surface area contributed by atoms with E-state index in [1.165, 1.54) is 17.0 Å². The van der Waals surface area contributed by atoms with Crippen LogP contribution in [0.4, 0.5) is 11.4 Å². The van der Waals surface area contributed by atoms with Crippen molar-refractivity contribution in [3.05, 3.63) is 67.6 Å². The Labute approximate surface area is 170 Å². The lowest BCUT2D eigenvalue weighted by Crippen LogP contribution is -2.22. The van der Waals surface area contributed by atoms with Crippen molar-refractivity contribution in [2.24, 2.45) is 10.7 Å². The van der Waals surface area contributed by atoms with Gasteiger partial charge in [0.05, 0.1) is 20.1 Å². The lowest BCUT2D eigenvalue weighted by Gasteiger charge is -2.12. The van der Waals surface area contributed by atoms with Gasteiger partial charge in [-0.25, -0.2) is 4.99 Å². The summed E-state index contributed by atoms with van der Waals surface area (Å²) < 4.78 is 0. The van der Waals surface area contributed by atoms with Crippen molar-refractivity contribution in [2.75, 3.05) is 5.32 Å². The zero-order valence-electron chi connectivity index (χ0n) is 13.2. The van der Waals surface area contributed by atoms with Gasteiger partial charge in [-0.1, -0.05) is 82.8 Å². The highest BCUT2D eigenvalue weighted by atomic mass is 35.5. The average molecular weight is 423 g/mol. The minimum Gasteiger partial charge on any atom is -0.369 e. The lowest BCUT2D eigenvalue weighted by atomic mass is 10.0. The summed E-state index contributed by atoms with van der Waals surface area (Å²) >= 11 is 24.5. The molecule has 3 N–H and O–H groups in total. The van der Waals surface area contributed by atoms with Gasteiger partial charge in [0.1, 0.15) is 5.69 Å². The van der Waals surface area contributed by atoms with Gasteiger partial charge >= 0.3 is 0 Å². The molecule has 1 aliphatic rings. The minimum atomic E-state index is 0.125. The standard InChI is InChI=1S/C19H11Cl4N3/c20-12-8-13(21)17(23)18(16(12)22)26-19(24)25-14-7-5-10-3-1-2-9-4-6-11(14)15(9)10/h1-8H,(H3,24,25,26). The second-order valence-electron chi connectivity index (χ2n) is 5.74. The molecule has 0 radical (unpaired) electrons. The zero-order chi connectivity index (χ0) is 18.4. The molecule has 0 heterocycles. The van der Waals surface area contributed by atoms with Crippen molar-refractivity contribution in [2.45, 2.75) is 0 Å². The fraction of sp³-hybridized carbons (Fsp3) is 0. The van der Waals surface area contributed by atoms with Crippen LogP contribution in [0.25, 0.3) is 22.9 Å². The highest BCUT2D eigenvalue weighted by Gasteiger charge is 2.16. The Kier molecular flexibility index (Phi) is 4.49. The molecule has 0 aliphatic heterocycles. The molecule has 0 aromatic heterocycles.